The largest absolute Gasteiger partial charge is 0.381 e. The minimum Gasteiger partial charge on any atom is -0.381 e. The third-order valence-electron chi connectivity index (χ3n) is 6.36. The second-order valence-corrected chi connectivity index (χ2v) is 8.19. The number of rotatable bonds is 5. The molecule has 0 aromatic carbocycles. The average Bonchev–Trinajstić information content (AvgIpc) is 3.21. The van der Waals surface area contributed by atoms with Crippen LogP contribution in [0.25, 0.3) is 0 Å². The molecule has 3 heterocycles. The molecule has 0 aliphatic carbocycles. The summed E-state index contributed by atoms with van der Waals surface area (Å²) in [6.07, 6.45) is 9.14. The van der Waals surface area contributed by atoms with Crippen LogP contribution in [0.2, 0.25) is 0 Å². The molecule has 2 unspecified atom stereocenters. The number of ether oxygens (including phenoxy) is 1. The van der Waals surface area contributed by atoms with Gasteiger partial charge >= 0.3 is 0 Å². The summed E-state index contributed by atoms with van der Waals surface area (Å²) in [6, 6.07) is 0.441. The van der Waals surface area contributed by atoms with E-state index in [0.717, 1.165) is 58.2 Å². The van der Waals surface area contributed by atoms with Gasteiger partial charge in [-0.15, -0.1) is 24.0 Å². The molecule has 28 heavy (non-hydrogen) atoms. The van der Waals surface area contributed by atoms with Gasteiger partial charge in [-0.05, 0) is 46.2 Å². The third-order valence-corrected chi connectivity index (χ3v) is 6.36. The van der Waals surface area contributed by atoms with Gasteiger partial charge in [-0.25, -0.2) is 4.98 Å². The Morgan fingerprint density at radius 3 is 2.71 bits per heavy atom. The van der Waals surface area contributed by atoms with Crippen LogP contribution in [0.4, 0.5) is 0 Å². The van der Waals surface area contributed by atoms with Crippen molar-refractivity contribution in [3.63, 3.8) is 0 Å². The van der Waals surface area contributed by atoms with E-state index in [4.69, 9.17) is 9.73 Å². The minimum atomic E-state index is 0. The third kappa shape index (κ3) is 5.38. The number of guanidine groups is 1. The number of aliphatic imine (C=N–C) groups is 1. The molecule has 8 heteroatoms. The van der Waals surface area contributed by atoms with Gasteiger partial charge in [0.15, 0.2) is 5.96 Å². The summed E-state index contributed by atoms with van der Waals surface area (Å²) in [4.78, 5) is 14.1. The predicted molar refractivity (Wildman–Crippen MR) is 124 cm³/mol. The van der Waals surface area contributed by atoms with Crippen molar-refractivity contribution >= 4 is 29.9 Å². The first kappa shape index (κ1) is 23.4. The standard InChI is InChI=1S/C20H36N6O.HI/c1-5-22-19(23-15-20(24(3)4)7-12-27-13-8-20)25-10-6-17(2)18(14-25)26-11-9-21-16-26;/h9,11,16-18H,5-8,10,12-15H2,1-4H3,(H,22,23);1H. The highest BCUT2D eigenvalue weighted by molar-refractivity contribution is 14.0. The van der Waals surface area contributed by atoms with Crippen molar-refractivity contribution in [1.82, 2.24) is 24.7 Å². The molecule has 0 amide bonds. The summed E-state index contributed by atoms with van der Waals surface area (Å²) < 4.78 is 7.85. The van der Waals surface area contributed by atoms with Crippen molar-refractivity contribution in [2.75, 3.05) is 53.5 Å². The van der Waals surface area contributed by atoms with Gasteiger partial charge in [0, 0.05) is 50.8 Å². The summed E-state index contributed by atoms with van der Waals surface area (Å²) in [5.41, 5.74) is 0.103. The Balaban J connectivity index is 0.00000280. The molecule has 160 valence electrons. The highest BCUT2D eigenvalue weighted by atomic mass is 127. The summed E-state index contributed by atoms with van der Waals surface area (Å²) in [6.45, 7) is 9.87. The molecule has 3 rings (SSSR count). The molecule has 0 saturated carbocycles. The lowest BCUT2D eigenvalue weighted by Crippen LogP contribution is -2.53. The van der Waals surface area contributed by atoms with E-state index in [9.17, 15) is 0 Å². The molecule has 1 N–H and O–H groups in total. The number of halogens is 1. The molecular formula is C20H37IN6O. The van der Waals surface area contributed by atoms with Gasteiger partial charge in [0.2, 0.25) is 0 Å². The highest BCUT2D eigenvalue weighted by Crippen LogP contribution is 2.29. The normalized spacial score (nSPS) is 25.5. The van der Waals surface area contributed by atoms with E-state index in [1.165, 1.54) is 6.42 Å². The average molecular weight is 504 g/mol. The summed E-state index contributed by atoms with van der Waals surface area (Å²) in [5, 5.41) is 3.53. The highest BCUT2D eigenvalue weighted by Gasteiger charge is 2.35. The predicted octanol–water partition coefficient (Wildman–Crippen LogP) is 2.46. The molecule has 2 saturated heterocycles. The summed E-state index contributed by atoms with van der Waals surface area (Å²) in [7, 11) is 4.34. The van der Waals surface area contributed by atoms with Gasteiger partial charge in [0.25, 0.3) is 0 Å². The number of likely N-dealkylation sites (N-methyl/N-ethyl adjacent to an activating group) is 1. The van der Waals surface area contributed by atoms with Gasteiger partial charge in [-0.1, -0.05) is 6.92 Å². The van der Waals surface area contributed by atoms with Crippen molar-refractivity contribution in [3.8, 4) is 0 Å². The van der Waals surface area contributed by atoms with E-state index in [2.05, 4.69) is 58.8 Å². The van der Waals surface area contributed by atoms with Gasteiger partial charge in [-0.3, -0.25) is 4.99 Å². The van der Waals surface area contributed by atoms with Crippen LogP contribution in [0, 0.1) is 5.92 Å². The molecule has 1 aromatic rings. The summed E-state index contributed by atoms with van der Waals surface area (Å²) >= 11 is 0. The number of nitrogens with zero attached hydrogens (tertiary/aromatic N) is 5. The van der Waals surface area contributed by atoms with E-state index < -0.39 is 0 Å². The van der Waals surface area contributed by atoms with Crippen molar-refractivity contribution in [1.29, 1.82) is 0 Å². The van der Waals surface area contributed by atoms with Crippen LogP contribution in [0.3, 0.4) is 0 Å². The number of piperidine rings is 1. The Bertz CT molecular complexity index is 600. The Hall–Kier alpha value is -0.870. The lowest BCUT2D eigenvalue weighted by molar-refractivity contribution is -0.00269. The SMILES string of the molecule is CCNC(=NCC1(N(C)C)CCOCC1)N1CCC(C)C(n2ccnc2)C1.I. The maximum Gasteiger partial charge on any atom is 0.194 e. The van der Waals surface area contributed by atoms with E-state index in [1.54, 1.807) is 0 Å². The quantitative estimate of drug-likeness (QED) is 0.380. The van der Waals surface area contributed by atoms with E-state index >= 15 is 0 Å². The van der Waals surface area contributed by atoms with Gasteiger partial charge in [0.1, 0.15) is 0 Å². The van der Waals surface area contributed by atoms with E-state index in [-0.39, 0.29) is 29.5 Å². The first-order valence-electron chi connectivity index (χ1n) is 10.3. The zero-order valence-corrected chi connectivity index (χ0v) is 20.1. The summed E-state index contributed by atoms with van der Waals surface area (Å²) in [5.74, 6) is 1.68. The number of imidazole rings is 1. The smallest absolute Gasteiger partial charge is 0.194 e. The first-order valence-corrected chi connectivity index (χ1v) is 10.3. The maximum atomic E-state index is 5.60. The zero-order valence-electron chi connectivity index (χ0n) is 17.8. The molecule has 2 aliphatic heterocycles. The van der Waals surface area contributed by atoms with Crippen LogP contribution < -0.4 is 5.32 Å². The van der Waals surface area contributed by atoms with Crippen LogP contribution in [0.1, 0.15) is 39.2 Å². The second-order valence-electron chi connectivity index (χ2n) is 8.19. The van der Waals surface area contributed by atoms with Crippen LogP contribution in [-0.4, -0.2) is 84.3 Å². The second kappa shape index (κ2) is 10.8. The van der Waals surface area contributed by atoms with E-state index in [1.807, 2.05) is 12.5 Å². The molecule has 7 nitrogen and oxygen atoms in total. The zero-order chi connectivity index (χ0) is 19.3. The molecule has 2 fully saturated rings. The minimum absolute atomic E-state index is 0. The van der Waals surface area contributed by atoms with Crippen LogP contribution in [0.15, 0.2) is 23.7 Å². The molecule has 0 spiro atoms. The van der Waals surface area contributed by atoms with Crippen molar-refractivity contribution in [2.45, 2.75) is 44.7 Å². The van der Waals surface area contributed by atoms with Crippen molar-refractivity contribution in [3.05, 3.63) is 18.7 Å². The van der Waals surface area contributed by atoms with Crippen LogP contribution in [-0.2, 0) is 4.74 Å². The number of likely N-dealkylation sites (tertiary alicyclic amines) is 1. The van der Waals surface area contributed by atoms with Crippen LogP contribution in [0.5, 0.6) is 0 Å². The number of aromatic nitrogens is 2. The van der Waals surface area contributed by atoms with Crippen molar-refractivity contribution in [2.24, 2.45) is 10.9 Å². The number of hydrogen-bond acceptors (Lipinski definition) is 4. The fraction of sp³-hybridized carbons (Fsp3) is 0.800. The molecule has 1 aromatic heterocycles. The van der Waals surface area contributed by atoms with Crippen molar-refractivity contribution < 1.29 is 4.74 Å². The maximum absolute atomic E-state index is 5.60. The Labute approximate surface area is 186 Å². The van der Waals surface area contributed by atoms with Crippen LogP contribution >= 0.6 is 24.0 Å². The first-order chi connectivity index (χ1) is 13.1. The Kier molecular flexibility index (Phi) is 9.01. The number of hydrogen-bond donors (Lipinski definition) is 1. The molecule has 0 radical (unpaired) electrons. The van der Waals surface area contributed by atoms with Gasteiger partial charge in [0.05, 0.1) is 18.9 Å². The van der Waals surface area contributed by atoms with Gasteiger partial charge in [-0.2, -0.15) is 0 Å². The van der Waals surface area contributed by atoms with E-state index in [0.29, 0.717) is 12.0 Å². The fourth-order valence-corrected chi connectivity index (χ4v) is 4.24. The molecule has 0 bridgehead atoms. The van der Waals surface area contributed by atoms with Gasteiger partial charge < -0.3 is 24.4 Å². The number of nitrogens with one attached hydrogen (secondary N) is 1. The fourth-order valence-electron chi connectivity index (χ4n) is 4.24. The Morgan fingerprint density at radius 1 is 1.36 bits per heavy atom. The molecule has 2 atom stereocenters. The molecular weight excluding hydrogens is 467 g/mol. The lowest BCUT2D eigenvalue weighted by atomic mass is 9.89. The molecule has 2 aliphatic rings. The topological polar surface area (TPSA) is 57.9 Å². The lowest BCUT2D eigenvalue weighted by Gasteiger charge is -2.43. The Morgan fingerprint density at radius 2 is 2.11 bits per heavy atom. The monoisotopic (exact) mass is 504 g/mol.